The lowest BCUT2D eigenvalue weighted by molar-refractivity contribution is -0.168. The molecule has 1 amide bonds. The summed E-state index contributed by atoms with van der Waals surface area (Å²) in [6, 6.07) is 0. The van der Waals surface area contributed by atoms with Gasteiger partial charge in [0.05, 0.1) is 5.92 Å². The van der Waals surface area contributed by atoms with Gasteiger partial charge in [0.25, 0.3) is 0 Å². The van der Waals surface area contributed by atoms with Crippen LogP contribution in [0.25, 0.3) is 0 Å². The highest BCUT2D eigenvalue weighted by molar-refractivity contribution is 5.84. The third-order valence-corrected chi connectivity index (χ3v) is 2.14. The summed E-state index contributed by atoms with van der Waals surface area (Å²) < 4.78 is 36.3. The van der Waals surface area contributed by atoms with E-state index < -0.39 is 37.1 Å². The number of halogens is 3. The summed E-state index contributed by atoms with van der Waals surface area (Å²) in [6.45, 7) is -1.84. The van der Waals surface area contributed by atoms with E-state index in [2.05, 4.69) is 5.32 Å². The minimum Gasteiger partial charge on any atom is -0.480 e. The molecule has 0 aromatic heterocycles. The molecule has 0 unspecified atom stereocenters. The molecule has 0 bridgehead atoms. The van der Waals surface area contributed by atoms with E-state index in [-0.39, 0.29) is 0 Å². The predicted molar refractivity (Wildman–Crippen MR) is 46.6 cm³/mol. The van der Waals surface area contributed by atoms with E-state index in [1.54, 1.807) is 0 Å². The molecular formula is C8H11F3N2O3. The largest absolute Gasteiger partial charge is 0.480 e. The molecule has 1 rings (SSSR count). The summed E-state index contributed by atoms with van der Waals surface area (Å²) in [5, 5.41) is 11.2. The smallest absolute Gasteiger partial charge is 0.406 e. The van der Waals surface area contributed by atoms with Crippen LogP contribution in [0, 0.1) is 5.92 Å². The Morgan fingerprint density at radius 3 is 2.25 bits per heavy atom. The van der Waals surface area contributed by atoms with Crippen molar-refractivity contribution in [3.8, 4) is 0 Å². The van der Waals surface area contributed by atoms with Gasteiger partial charge in [0.15, 0.2) is 0 Å². The Hall–Kier alpha value is -1.31. The molecule has 2 N–H and O–H groups in total. The summed E-state index contributed by atoms with van der Waals surface area (Å²) in [6.07, 6.45) is -4.58. The topological polar surface area (TPSA) is 69.6 Å². The Labute approximate surface area is 89.2 Å². The van der Waals surface area contributed by atoms with E-state index in [0.29, 0.717) is 18.0 Å². The van der Waals surface area contributed by atoms with E-state index in [1.807, 2.05) is 0 Å². The van der Waals surface area contributed by atoms with Crippen molar-refractivity contribution in [1.29, 1.82) is 0 Å². The average Bonchev–Trinajstić information content (AvgIpc) is 1.95. The lowest BCUT2D eigenvalue weighted by Crippen LogP contribution is -2.54. The second-order valence-electron chi connectivity index (χ2n) is 3.56. The van der Waals surface area contributed by atoms with Crippen LogP contribution in [0.5, 0.6) is 0 Å². The van der Waals surface area contributed by atoms with Crippen molar-refractivity contribution in [1.82, 2.24) is 10.2 Å². The minimum absolute atomic E-state index is 0.298. The van der Waals surface area contributed by atoms with E-state index >= 15 is 0 Å². The van der Waals surface area contributed by atoms with Crippen molar-refractivity contribution < 1.29 is 27.9 Å². The number of carbonyl (C=O) groups is 2. The van der Waals surface area contributed by atoms with Crippen LogP contribution in [0.4, 0.5) is 13.2 Å². The van der Waals surface area contributed by atoms with E-state index in [9.17, 15) is 22.8 Å². The third-order valence-electron chi connectivity index (χ3n) is 2.14. The van der Waals surface area contributed by atoms with Gasteiger partial charge < -0.3 is 15.3 Å². The van der Waals surface area contributed by atoms with Crippen LogP contribution in [0.2, 0.25) is 0 Å². The molecule has 5 nitrogen and oxygen atoms in total. The molecule has 0 aromatic carbocycles. The van der Waals surface area contributed by atoms with Crippen molar-refractivity contribution in [2.45, 2.75) is 6.18 Å². The molecule has 1 aliphatic rings. The van der Waals surface area contributed by atoms with Gasteiger partial charge in [0.1, 0.15) is 13.1 Å². The van der Waals surface area contributed by atoms with Crippen molar-refractivity contribution in [3.05, 3.63) is 0 Å². The van der Waals surface area contributed by atoms with Gasteiger partial charge in [-0.25, -0.2) is 0 Å². The quantitative estimate of drug-likeness (QED) is 0.706. The fourth-order valence-corrected chi connectivity index (χ4v) is 1.31. The second kappa shape index (κ2) is 4.69. The Morgan fingerprint density at radius 1 is 1.38 bits per heavy atom. The van der Waals surface area contributed by atoms with Crippen LogP contribution in [-0.4, -0.2) is 54.2 Å². The summed E-state index contributed by atoms with van der Waals surface area (Å²) in [7, 11) is 0. The molecule has 1 aliphatic heterocycles. The van der Waals surface area contributed by atoms with Gasteiger partial charge in [-0.05, 0) is 0 Å². The first-order valence-electron chi connectivity index (χ1n) is 4.57. The number of alkyl halides is 3. The van der Waals surface area contributed by atoms with Crippen LogP contribution in [-0.2, 0) is 9.59 Å². The molecule has 0 saturated carbocycles. The Morgan fingerprint density at radius 2 is 1.94 bits per heavy atom. The lowest BCUT2D eigenvalue weighted by Gasteiger charge is -2.31. The Kier molecular flexibility index (Phi) is 3.74. The summed E-state index contributed by atoms with van der Waals surface area (Å²) in [5.41, 5.74) is 0. The van der Waals surface area contributed by atoms with E-state index in [4.69, 9.17) is 5.11 Å². The highest BCUT2D eigenvalue weighted by Gasteiger charge is 2.37. The summed E-state index contributed by atoms with van der Waals surface area (Å²) >= 11 is 0. The van der Waals surface area contributed by atoms with Crippen molar-refractivity contribution >= 4 is 11.9 Å². The molecule has 0 radical (unpaired) electrons. The maximum atomic E-state index is 12.1. The van der Waals surface area contributed by atoms with Crippen LogP contribution >= 0.6 is 0 Å². The lowest BCUT2D eigenvalue weighted by atomic mass is 10.0. The molecule has 0 aliphatic carbocycles. The number of carbonyl (C=O) groups excluding carboxylic acids is 1. The van der Waals surface area contributed by atoms with Crippen LogP contribution in [0.3, 0.4) is 0 Å². The highest BCUT2D eigenvalue weighted by Crippen LogP contribution is 2.18. The maximum absolute atomic E-state index is 12.1. The summed E-state index contributed by atoms with van der Waals surface area (Å²) in [5.74, 6) is -2.76. The van der Waals surface area contributed by atoms with Crippen molar-refractivity contribution in [2.24, 2.45) is 5.92 Å². The third kappa shape index (κ3) is 3.69. The second-order valence-corrected chi connectivity index (χ2v) is 3.56. The Bertz CT molecular complexity index is 289. The molecule has 1 saturated heterocycles. The van der Waals surface area contributed by atoms with Gasteiger partial charge in [-0.2, -0.15) is 13.2 Å². The number of amides is 1. The molecule has 8 heteroatoms. The zero-order valence-electron chi connectivity index (χ0n) is 8.25. The van der Waals surface area contributed by atoms with E-state index in [0.717, 1.165) is 0 Å². The van der Waals surface area contributed by atoms with Gasteiger partial charge in [0.2, 0.25) is 5.91 Å². The first-order valence-corrected chi connectivity index (χ1v) is 4.57. The molecule has 92 valence electrons. The predicted octanol–water partition coefficient (Wildman–Crippen LogP) is -0.319. The van der Waals surface area contributed by atoms with Crippen molar-refractivity contribution in [3.63, 3.8) is 0 Å². The van der Waals surface area contributed by atoms with Crippen LogP contribution in [0.15, 0.2) is 0 Å². The average molecular weight is 240 g/mol. The fraction of sp³-hybridized carbons (Fsp3) is 0.750. The van der Waals surface area contributed by atoms with Gasteiger partial charge in [0, 0.05) is 13.1 Å². The van der Waals surface area contributed by atoms with E-state index in [1.165, 1.54) is 0 Å². The highest BCUT2D eigenvalue weighted by atomic mass is 19.4. The molecule has 0 aromatic rings. The first-order chi connectivity index (χ1) is 7.29. The van der Waals surface area contributed by atoms with Crippen molar-refractivity contribution in [2.75, 3.05) is 26.2 Å². The normalized spacial score (nSPS) is 16.7. The standard InChI is InChI=1S/C8H11F3N2O3/c9-8(10,11)4-13(3-6(14)15)7(16)5-1-12-2-5/h5,12H,1-4H2,(H,14,15). The zero-order valence-corrected chi connectivity index (χ0v) is 8.25. The number of hydrogen-bond donors (Lipinski definition) is 2. The van der Waals surface area contributed by atoms with Gasteiger partial charge in [-0.1, -0.05) is 0 Å². The fourth-order valence-electron chi connectivity index (χ4n) is 1.31. The first kappa shape index (κ1) is 12.8. The molecule has 1 fully saturated rings. The van der Waals surface area contributed by atoms with Gasteiger partial charge in [-0.15, -0.1) is 0 Å². The monoisotopic (exact) mass is 240 g/mol. The number of carboxylic acid groups (broad SMARTS) is 1. The number of rotatable bonds is 4. The Balaban J connectivity index is 2.61. The number of hydrogen-bond acceptors (Lipinski definition) is 3. The van der Waals surface area contributed by atoms with Gasteiger partial charge in [-0.3, -0.25) is 9.59 Å². The number of aliphatic carboxylic acids is 1. The SMILES string of the molecule is O=C(O)CN(CC(F)(F)F)C(=O)C1CNC1. The molecule has 16 heavy (non-hydrogen) atoms. The molecule has 0 atom stereocenters. The molecular weight excluding hydrogens is 229 g/mol. The van der Waals surface area contributed by atoms with Crippen LogP contribution in [0.1, 0.15) is 0 Å². The van der Waals surface area contributed by atoms with Gasteiger partial charge >= 0.3 is 12.1 Å². The number of nitrogens with zero attached hydrogens (tertiary/aromatic N) is 1. The summed E-state index contributed by atoms with van der Waals surface area (Å²) in [4.78, 5) is 22.1. The molecule has 0 spiro atoms. The number of nitrogens with one attached hydrogen (secondary N) is 1. The minimum atomic E-state index is -4.58. The zero-order chi connectivity index (χ0) is 12.3. The maximum Gasteiger partial charge on any atom is 0.406 e. The molecule has 1 heterocycles. The van der Waals surface area contributed by atoms with Crippen LogP contribution < -0.4 is 5.32 Å². The number of carboxylic acids is 1.